The van der Waals surface area contributed by atoms with Crippen LogP contribution in [0.15, 0.2) is 0 Å². The second kappa shape index (κ2) is 9.11. The van der Waals surface area contributed by atoms with Crippen molar-refractivity contribution >= 4 is 37.0 Å². The van der Waals surface area contributed by atoms with Gasteiger partial charge in [-0.1, -0.05) is 13.8 Å². The minimum absolute atomic E-state index is 0.421. The third-order valence-electron chi connectivity index (χ3n) is 2.08. The molecule has 2 unspecified atom stereocenters. The topological polar surface area (TPSA) is 40.2 Å². The van der Waals surface area contributed by atoms with E-state index in [2.05, 4.69) is 0 Å². The molecule has 0 aliphatic heterocycles. The molecule has 0 aromatic heterocycles. The highest BCUT2D eigenvalue weighted by atomic mass is 32.5. The monoisotopic (exact) mass is 335 g/mol. The molecule has 0 spiro atoms. The van der Waals surface area contributed by atoms with Gasteiger partial charge >= 0.3 is 6.72 Å². The Morgan fingerprint density at radius 1 is 0.944 bits per heavy atom. The summed E-state index contributed by atoms with van der Waals surface area (Å²) < 4.78 is 24.0. The van der Waals surface area contributed by atoms with Crippen molar-refractivity contribution < 1.29 is 17.9 Å². The molecule has 2 atom stereocenters. The van der Waals surface area contributed by atoms with Crippen molar-refractivity contribution in [2.75, 3.05) is 33.4 Å². The van der Waals surface area contributed by atoms with Gasteiger partial charge < -0.3 is 13.6 Å². The fourth-order valence-electron chi connectivity index (χ4n) is 1.28. The first kappa shape index (κ1) is 19.1. The zero-order chi connectivity index (χ0) is 14.2. The van der Waals surface area contributed by atoms with E-state index in [0.29, 0.717) is 13.2 Å². The first-order valence-electron chi connectivity index (χ1n) is 5.92. The lowest BCUT2D eigenvalue weighted by Crippen LogP contribution is -2.22. The third-order valence-corrected chi connectivity index (χ3v) is 9.55. The van der Waals surface area contributed by atoms with Gasteiger partial charge in [0.1, 0.15) is 0 Å². The second-order valence-electron chi connectivity index (χ2n) is 3.15. The summed E-state index contributed by atoms with van der Waals surface area (Å²) in [6.07, 6.45) is 0. The second-order valence-corrected chi connectivity index (χ2v) is 9.81. The molecule has 0 aliphatic carbocycles. The molecule has 0 saturated heterocycles. The minimum Gasteiger partial charge on any atom is -0.318 e. The Morgan fingerprint density at radius 2 is 1.44 bits per heavy atom. The number of rotatable bonds is 10. The minimum atomic E-state index is -2.82. The third kappa shape index (κ3) is 5.61. The SMILES string of the molecule is CCOP(=S)(OC)OP(=S)(OCC)N(CC)CC. The average molecular weight is 335 g/mol. The molecule has 0 heterocycles. The Hall–Kier alpha value is 1.10. The van der Waals surface area contributed by atoms with Gasteiger partial charge in [0.25, 0.3) is 6.64 Å². The zero-order valence-corrected chi connectivity index (χ0v) is 15.0. The Labute approximate surface area is 121 Å². The van der Waals surface area contributed by atoms with Crippen molar-refractivity contribution in [3.63, 3.8) is 0 Å². The van der Waals surface area contributed by atoms with Crippen LogP contribution in [0.5, 0.6) is 0 Å². The van der Waals surface area contributed by atoms with Gasteiger partial charge in [0.05, 0.1) is 13.2 Å². The molecule has 0 aromatic carbocycles. The average Bonchev–Trinajstić information content (AvgIpc) is 2.30. The van der Waals surface area contributed by atoms with Crippen LogP contribution >= 0.6 is 13.4 Å². The molecule has 0 N–H and O–H groups in total. The number of hydrogen-bond acceptors (Lipinski definition) is 6. The quantitative estimate of drug-likeness (QED) is 0.566. The van der Waals surface area contributed by atoms with Crippen LogP contribution < -0.4 is 0 Å². The largest absolute Gasteiger partial charge is 0.333 e. The summed E-state index contributed by atoms with van der Waals surface area (Å²) in [5, 5.41) is 0. The molecule has 0 amide bonds. The Morgan fingerprint density at radius 3 is 1.78 bits per heavy atom. The molecule has 0 rings (SSSR count). The molecular weight excluding hydrogens is 312 g/mol. The zero-order valence-electron chi connectivity index (χ0n) is 11.6. The van der Waals surface area contributed by atoms with Crippen LogP contribution in [0.25, 0.3) is 0 Å². The van der Waals surface area contributed by atoms with Gasteiger partial charge in [0.15, 0.2) is 0 Å². The van der Waals surface area contributed by atoms with Crippen LogP contribution in [0.3, 0.4) is 0 Å². The molecule has 5 nitrogen and oxygen atoms in total. The Bertz CT molecular complexity index is 326. The van der Waals surface area contributed by atoms with Crippen LogP contribution in [0.1, 0.15) is 27.7 Å². The summed E-state index contributed by atoms with van der Waals surface area (Å²) in [6.45, 7) is 4.63. The highest BCUT2D eigenvalue weighted by Crippen LogP contribution is 2.66. The first-order chi connectivity index (χ1) is 8.41. The molecule has 0 radical (unpaired) electrons. The van der Waals surface area contributed by atoms with Gasteiger partial charge in [-0.25, -0.2) is 8.98 Å². The van der Waals surface area contributed by atoms with Crippen LogP contribution in [0, 0.1) is 0 Å². The van der Waals surface area contributed by atoms with Gasteiger partial charge in [-0.2, -0.15) is 0 Å². The lowest BCUT2D eigenvalue weighted by Gasteiger charge is -2.34. The lowest BCUT2D eigenvalue weighted by atomic mass is 10.7. The van der Waals surface area contributed by atoms with Crippen LogP contribution in [0.2, 0.25) is 0 Å². The predicted octanol–water partition coefficient (Wildman–Crippen LogP) is 3.51. The van der Waals surface area contributed by atoms with Gasteiger partial charge in [-0.05, 0) is 37.5 Å². The van der Waals surface area contributed by atoms with E-state index in [4.69, 9.17) is 41.5 Å². The summed E-state index contributed by atoms with van der Waals surface area (Å²) in [4.78, 5) is 0. The molecule has 9 heteroatoms. The number of hydrogen-bond donors (Lipinski definition) is 0. The molecule has 18 heavy (non-hydrogen) atoms. The smallest absolute Gasteiger partial charge is 0.318 e. The normalized spacial score (nSPS) is 18.6. The fourth-order valence-corrected chi connectivity index (χ4v) is 8.26. The summed E-state index contributed by atoms with van der Waals surface area (Å²) in [5.74, 6) is 0. The standard InChI is InChI=1S/C9H23NO4P2S2/c1-6-10(7-2)15(17,12-8-3)14-16(18,11-5)13-9-4/h6-9H2,1-5H3. The maximum Gasteiger partial charge on any atom is 0.333 e. The highest BCUT2D eigenvalue weighted by Gasteiger charge is 2.34. The first-order valence-corrected chi connectivity index (χ1v) is 11.1. The van der Waals surface area contributed by atoms with Crippen molar-refractivity contribution in [1.29, 1.82) is 0 Å². The van der Waals surface area contributed by atoms with Crippen LogP contribution in [-0.2, 0) is 41.5 Å². The van der Waals surface area contributed by atoms with Crippen LogP contribution in [-0.4, -0.2) is 38.1 Å². The maximum atomic E-state index is 5.81. The molecular formula is C9H23NO4P2S2. The molecule has 0 aliphatic rings. The van der Waals surface area contributed by atoms with Gasteiger partial charge in [0.2, 0.25) is 0 Å². The summed E-state index contributed by atoms with van der Waals surface area (Å²) in [5.41, 5.74) is 0. The summed E-state index contributed by atoms with van der Waals surface area (Å²) in [6, 6.07) is 0. The summed E-state index contributed by atoms with van der Waals surface area (Å²) in [7, 11) is 1.48. The Balaban J connectivity index is 5.11. The highest BCUT2D eigenvalue weighted by molar-refractivity contribution is 8.15. The van der Waals surface area contributed by atoms with E-state index >= 15 is 0 Å². The van der Waals surface area contributed by atoms with E-state index in [-0.39, 0.29) is 0 Å². The van der Waals surface area contributed by atoms with Crippen molar-refractivity contribution in [2.45, 2.75) is 27.7 Å². The molecule has 0 aromatic rings. The Kier molecular flexibility index (Phi) is 9.67. The molecule has 0 fully saturated rings. The molecule has 0 bridgehead atoms. The van der Waals surface area contributed by atoms with Gasteiger partial charge in [-0.15, -0.1) is 0 Å². The molecule has 110 valence electrons. The van der Waals surface area contributed by atoms with Crippen molar-refractivity contribution in [3.05, 3.63) is 0 Å². The van der Waals surface area contributed by atoms with Gasteiger partial charge in [0, 0.05) is 20.2 Å². The van der Waals surface area contributed by atoms with Crippen molar-refractivity contribution in [1.82, 2.24) is 4.67 Å². The van der Waals surface area contributed by atoms with Crippen LogP contribution in [0.4, 0.5) is 0 Å². The molecule has 0 saturated carbocycles. The van der Waals surface area contributed by atoms with E-state index in [1.807, 2.05) is 32.4 Å². The van der Waals surface area contributed by atoms with E-state index in [1.54, 1.807) is 0 Å². The predicted molar refractivity (Wildman–Crippen MR) is 82.8 cm³/mol. The van der Waals surface area contributed by atoms with Crippen molar-refractivity contribution in [3.8, 4) is 0 Å². The van der Waals surface area contributed by atoms with Gasteiger partial charge in [-0.3, -0.25) is 0 Å². The van der Waals surface area contributed by atoms with E-state index in [1.165, 1.54) is 7.11 Å². The fraction of sp³-hybridized carbons (Fsp3) is 1.00. The number of nitrogens with zero attached hydrogens (tertiary/aromatic N) is 1. The van der Waals surface area contributed by atoms with E-state index < -0.39 is 13.4 Å². The van der Waals surface area contributed by atoms with Crippen molar-refractivity contribution in [2.24, 2.45) is 0 Å². The van der Waals surface area contributed by atoms with E-state index in [0.717, 1.165) is 13.1 Å². The lowest BCUT2D eigenvalue weighted by molar-refractivity contribution is 0.214. The van der Waals surface area contributed by atoms with E-state index in [9.17, 15) is 0 Å². The summed E-state index contributed by atoms with van der Waals surface area (Å²) >= 11 is 10.8. The maximum absolute atomic E-state index is 5.81.